The van der Waals surface area contributed by atoms with Gasteiger partial charge in [0.1, 0.15) is 12.7 Å². The highest BCUT2D eigenvalue weighted by atomic mass is 16.5. The predicted molar refractivity (Wildman–Crippen MR) is 80.2 cm³/mol. The van der Waals surface area contributed by atoms with Crippen LogP contribution in [0, 0.1) is 6.92 Å². The summed E-state index contributed by atoms with van der Waals surface area (Å²) in [6, 6.07) is 7.19. The number of ether oxygens (including phenoxy) is 1. The van der Waals surface area contributed by atoms with Gasteiger partial charge in [-0.25, -0.2) is 4.79 Å². The number of carbonyl (C=O) groups is 2. The Kier molecular flexibility index (Phi) is 6.59. The molecule has 1 atom stereocenters. The normalized spacial score (nSPS) is 11.6. The van der Waals surface area contributed by atoms with E-state index in [1.807, 2.05) is 19.1 Å². The summed E-state index contributed by atoms with van der Waals surface area (Å²) in [6.45, 7) is 6.25. The third kappa shape index (κ3) is 5.97. The molecule has 1 rings (SSSR count). The van der Waals surface area contributed by atoms with Gasteiger partial charge in [0.05, 0.1) is 12.5 Å². The predicted octanol–water partition coefficient (Wildman–Crippen LogP) is 0.0315. The Hall–Kier alpha value is -2.34. The van der Waals surface area contributed by atoms with Crippen LogP contribution in [0.3, 0.4) is 0 Å². The van der Waals surface area contributed by atoms with Crippen LogP contribution < -0.4 is 10.0 Å². The van der Waals surface area contributed by atoms with Crippen LogP contribution in [0.15, 0.2) is 36.4 Å². The van der Waals surface area contributed by atoms with Gasteiger partial charge in [-0.15, -0.1) is 0 Å². The fraction of sp³-hybridized carbons (Fsp3) is 0.375. The molecule has 0 radical (unpaired) electrons. The van der Waals surface area contributed by atoms with Gasteiger partial charge in [0.15, 0.2) is 0 Å². The van der Waals surface area contributed by atoms with Crippen LogP contribution in [-0.4, -0.2) is 42.8 Å². The first-order chi connectivity index (χ1) is 10.3. The maximum absolute atomic E-state index is 11.3. The van der Waals surface area contributed by atoms with Crippen molar-refractivity contribution in [2.75, 3.05) is 24.6 Å². The highest BCUT2D eigenvalue weighted by Gasteiger charge is 2.15. The smallest absolute Gasteiger partial charge is 0.333 e. The fourth-order valence-electron chi connectivity index (χ4n) is 1.77. The van der Waals surface area contributed by atoms with Crippen molar-refractivity contribution in [3.63, 3.8) is 0 Å². The number of esters is 1. The van der Waals surface area contributed by atoms with E-state index in [-0.39, 0.29) is 25.3 Å². The van der Waals surface area contributed by atoms with E-state index < -0.39 is 18.0 Å². The lowest BCUT2D eigenvalue weighted by Gasteiger charge is -2.27. The molecule has 0 aliphatic carbocycles. The van der Waals surface area contributed by atoms with Gasteiger partial charge in [-0.2, -0.15) is 0 Å². The van der Waals surface area contributed by atoms with Crippen LogP contribution in [-0.2, 0) is 14.3 Å². The van der Waals surface area contributed by atoms with Crippen LogP contribution in [0.25, 0.3) is 0 Å². The third-order valence-corrected chi connectivity index (χ3v) is 2.91. The van der Waals surface area contributed by atoms with Crippen molar-refractivity contribution in [1.29, 1.82) is 0 Å². The molecule has 0 saturated carbocycles. The van der Waals surface area contributed by atoms with E-state index in [2.05, 4.69) is 6.58 Å². The van der Waals surface area contributed by atoms with E-state index in [9.17, 15) is 19.8 Å². The lowest BCUT2D eigenvalue weighted by atomic mass is 10.2. The van der Waals surface area contributed by atoms with E-state index in [0.29, 0.717) is 5.69 Å². The number of benzene rings is 1. The summed E-state index contributed by atoms with van der Waals surface area (Å²) in [7, 11) is 0. The van der Waals surface area contributed by atoms with Gasteiger partial charge in [-0.3, -0.25) is 0 Å². The Morgan fingerprint density at radius 2 is 1.95 bits per heavy atom. The number of carboxylic acids is 1. The van der Waals surface area contributed by atoms with Gasteiger partial charge >= 0.3 is 5.97 Å². The van der Waals surface area contributed by atoms with E-state index in [1.54, 1.807) is 12.1 Å². The van der Waals surface area contributed by atoms with Crippen LogP contribution in [0.5, 0.6) is 0 Å². The van der Waals surface area contributed by atoms with E-state index in [0.717, 1.165) is 5.56 Å². The van der Waals surface area contributed by atoms with Crippen LogP contribution >= 0.6 is 0 Å². The van der Waals surface area contributed by atoms with Gasteiger partial charge in [0.2, 0.25) is 0 Å². The molecule has 0 spiro atoms. The molecule has 1 N–H and O–H groups in total. The number of carboxylic acid groups (broad SMARTS) is 1. The van der Waals surface area contributed by atoms with Crippen molar-refractivity contribution in [3.8, 4) is 0 Å². The van der Waals surface area contributed by atoms with Crippen molar-refractivity contribution in [1.82, 2.24) is 0 Å². The van der Waals surface area contributed by atoms with Crippen LogP contribution in [0.4, 0.5) is 5.69 Å². The number of hydrogen-bond acceptors (Lipinski definition) is 6. The molecule has 6 nitrogen and oxygen atoms in total. The highest BCUT2D eigenvalue weighted by Crippen LogP contribution is 2.15. The minimum atomic E-state index is -1.26. The molecule has 0 aromatic heterocycles. The number of aliphatic hydroxyl groups is 1. The Morgan fingerprint density at radius 3 is 2.45 bits per heavy atom. The largest absolute Gasteiger partial charge is 0.548 e. The fourth-order valence-corrected chi connectivity index (χ4v) is 1.77. The molecule has 22 heavy (non-hydrogen) atoms. The first-order valence-corrected chi connectivity index (χ1v) is 6.81. The summed E-state index contributed by atoms with van der Waals surface area (Å²) in [5.74, 6) is -1.85. The summed E-state index contributed by atoms with van der Waals surface area (Å²) in [5, 5.41) is 20.8. The molecule has 0 aliphatic heterocycles. The molecule has 1 aromatic rings. The summed E-state index contributed by atoms with van der Waals surface area (Å²) in [6.07, 6.45) is -1.02. The second-order valence-corrected chi connectivity index (χ2v) is 5.12. The van der Waals surface area contributed by atoms with Crippen molar-refractivity contribution < 1.29 is 24.5 Å². The number of anilines is 1. The topological polar surface area (TPSA) is 89.9 Å². The number of hydrogen-bond donors (Lipinski definition) is 1. The average molecular weight is 306 g/mol. The number of carbonyl (C=O) groups excluding carboxylic acids is 2. The minimum Gasteiger partial charge on any atom is -0.548 e. The minimum absolute atomic E-state index is 0.000507. The molecule has 120 valence electrons. The van der Waals surface area contributed by atoms with Crippen molar-refractivity contribution in [2.24, 2.45) is 0 Å². The number of aliphatic carboxylic acids is 1. The molecule has 0 fully saturated rings. The SMILES string of the molecule is C=C(C)C(=O)OCC(O)CN(CC(=O)[O-])c1ccc(C)cc1. The quantitative estimate of drug-likeness (QED) is 0.538. The number of nitrogens with zero attached hydrogens (tertiary/aromatic N) is 1. The van der Waals surface area contributed by atoms with Crippen LogP contribution in [0.2, 0.25) is 0 Å². The zero-order valence-corrected chi connectivity index (χ0v) is 12.7. The Morgan fingerprint density at radius 1 is 1.36 bits per heavy atom. The maximum Gasteiger partial charge on any atom is 0.333 e. The van der Waals surface area contributed by atoms with E-state index >= 15 is 0 Å². The Labute approximate surface area is 129 Å². The standard InChI is InChI=1S/C16H21NO5/c1-11(2)16(21)22-10-14(18)8-17(9-15(19)20)13-6-4-12(3)5-7-13/h4-7,14,18H,1,8-10H2,2-3H3,(H,19,20)/p-1. The first-order valence-electron chi connectivity index (χ1n) is 6.81. The zero-order valence-electron chi connectivity index (χ0n) is 12.7. The molecule has 0 amide bonds. The molecule has 1 aromatic carbocycles. The third-order valence-electron chi connectivity index (χ3n) is 2.91. The van der Waals surface area contributed by atoms with Crippen LogP contribution in [0.1, 0.15) is 12.5 Å². The van der Waals surface area contributed by atoms with Gasteiger partial charge in [0, 0.05) is 17.8 Å². The number of aryl methyl sites for hydroxylation is 1. The summed E-state index contributed by atoms with van der Waals surface area (Å²) in [5.41, 5.74) is 1.91. The van der Waals surface area contributed by atoms with Crippen molar-refractivity contribution in [3.05, 3.63) is 42.0 Å². The molecule has 0 aliphatic rings. The molecular weight excluding hydrogens is 286 g/mol. The summed E-state index contributed by atoms with van der Waals surface area (Å²) < 4.78 is 4.85. The summed E-state index contributed by atoms with van der Waals surface area (Å²) >= 11 is 0. The van der Waals surface area contributed by atoms with Gasteiger partial charge in [-0.1, -0.05) is 24.3 Å². The molecule has 0 saturated heterocycles. The Balaban J connectivity index is 2.68. The second-order valence-electron chi connectivity index (χ2n) is 5.12. The maximum atomic E-state index is 11.3. The second kappa shape index (κ2) is 8.19. The molecule has 6 heteroatoms. The summed E-state index contributed by atoms with van der Waals surface area (Å²) in [4.78, 5) is 23.6. The van der Waals surface area contributed by atoms with Gasteiger partial charge < -0.3 is 24.6 Å². The lowest BCUT2D eigenvalue weighted by molar-refractivity contribution is -0.303. The van der Waals surface area contributed by atoms with E-state index in [4.69, 9.17) is 4.74 Å². The first kappa shape index (κ1) is 17.7. The van der Waals surface area contributed by atoms with Crippen molar-refractivity contribution in [2.45, 2.75) is 20.0 Å². The highest BCUT2D eigenvalue weighted by molar-refractivity contribution is 5.86. The Bertz CT molecular complexity index is 538. The average Bonchev–Trinajstić information content (AvgIpc) is 2.44. The zero-order chi connectivity index (χ0) is 16.7. The molecule has 0 heterocycles. The number of rotatable bonds is 8. The molecule has 1 unspecified atom stereocenters. The van der Waals surface area contributed by atoms with E-state index in [1.165, 1.54) is 11.8 Å². The molecule has 0 bridgehead atoms. The van der Waals surface area contributed by atoms with Gasteiger partial charge in [-0.05, 0) is 26.0 Å². The lowest BCUT2D eigenvalue weighted by Crippen LogP contribution is -2.43. The monoisotopic (exact) mass is 306 g/mol. The number of aliphatic hydroxyl groups excluding tert-OH is 1. The van der Waals surface area contributed by atoms with Gasteiger partial charge in [0.25, 0.3) is 0 Å². The molecular formula is C16H20NO5-. The van der Waals surface area contributed by atoms with Crippen molar-refractivity contribution >= 4 is 17.6 Å².